The maximum Gasteiger partial charge on any atom is 0.144 e. The van der Waals surface area contributed by atoms with Gasteiger partial charge in [0.25, 0.3) is 0 Å². The molecule has 1 heterocycles. The molecule has 1 rings (SSSR count). The van der Waals surface area contributed by atoms with Crippen molar-refractivity contribution in [2.24, 2.45) is 0 Å². The first kappa shape index (κ1) is 11.9. The molecule has 0 amide bonds. The summed E-state index contributed by atoms with van der Waals surface area (Å²) in [7, 11) is 0. The number of aromatic nitrogens is 2. The highest BCUT2D eigenvalue weighted by molar-refractivity contribution is 5.31. The van der Waals surface area contributed by atoms with Crippen LogP contribution in [0.1, 0.15) is 25.5 Å². The molecular formula is C11H19N3O. The fraction of sp³-hybridized carbons (Fsp3) is 0.636. The first-order chi connectivity index (χ1) is 7.33. The molecule has 84 valence electrons. The molecule has 0 atom stereocenters. The molecule has 0 saturated carbocycles. The molecule has 0 aliphatic rings. The van der Waals surface area contributed by atoms with Gasteiger partial charge in [0.15, 0.2) is 0 Å². The Hall–Kier alpha value is -1.16. The summed E-state index contributed by atoms with van der Waals surface area (Å²) < 4.78 is 5.42. The van der Waals surface area contributed by atoms with Crippen LogP contribution in [-0.2, 0) is 4.74 Å². The number of aryl methyl sites for hydroxylation is 1. The van der Waals surface area contributed by atoms with Crippen LogP contribution in [0.2, 0.25) is 0 Å². The molecule has 0 spiro atoms. The van der Waals surface area contributed by atoms with E-state index in [9.17, 15) is 0 Å². The van der Waals surface area contributed by atoms with Crippen LogP contribution in [-0.4, -0.2) is 29.7 Å². The van der Waals surface area contributed by atoms with Crippen LogP contribution in [0.5, 0.6) is 0 Å². The molecule has 4 nitrogen and oxygen atoms in total. The molecule has 4 heteroatoms. The number of hydrogen-bond donors (Lipinski definition) is 1. The zero-order chi connectivity index (χ0) is 10.9. The number of nitrogens with zero attached hydrogens (tertiary/aromatic N) is 2. The molecule has 1 N–H and O–H groups in total. The van der Waals surface area contributed by atoms with Gasteiger partial charge in [-0.1, -0.05) is 13.3 Å². The van der Waals surface area contributed by atoms with Gasteiger partial charge < -0.3 is 10.1 Å². The van der Waals surface area contributed by atoms with Gasteiger partial charge in [-0.25, -0.2) is 4.98 Å². The highest BCUT2D eigenvalue weighted by Gasteiger charge is 1.94. The molecule has 0 aliphatic carbocycles. The van der Waals surface area contributed by atoms with Gasteiger partial charge in [0.2, 0.25) is 0 Å². The number of rotatable bonds is 7. The van der Waals surface area contributed by atoms with E-state index < -0.39 is 0 Å². The van der Waals surface area contributed by atoms with Gasteiger partial charge in [0.1, 0.15) is 5.82 Å². The van der Waals surface area contributed by atoms with Crippen LogP contribution in [0.4, 0.5) is 5.82 Å². The number of anilines is 1. The summed E-state index contributed by atoms with van der Waals surface area (Å²) in [5.41, 5.74) is 0.923. The van der Waals surface area contributed by atoms with Gasteiger partial charge in [0.05, 0.1) is 18.5 Å². The van der Waals surface area contributed by atoms with Gasteiger partial charge >= 0.3 is 0 Å². The van der Waals surface area contributed by atoms with Crippen LogP contribution in [0, 0.1) is 6.92 Å². The van der Waals surface area contributed by atoms with Crippen molar-refractivity contribution in [1.29, 1.82) is 0 Å². The van der Waals surface area contributed by atoms with E-state index in [4.69, 9.17) is 4.74 Å². The molecule has 0 radical (unpaired) electrons. The van der Waals surface area contributed by atoms with E-state index in [0.29, 0.717) is 0 Å². The van der Waals surface area contributed by atoms with Gasteiger partial charge in [-0.2, -0.15) is 0 Å². The average molecular weight is 209 g/mol. The third kappa shape index (κ3) is 5.32. The highest BCUT2D eigenvalue weighted by Crippen LogP contribution is 1.99. The Morgan fingerprint density at radius 3 is 2.93 bits per heavy atom. The highest BCUT2D eigenvalue weighted by atomic mass is 16.5. The Bertz CT molecular complexity index is 278. The minimum atomic E-state index is 0.718. The Kier molecular flexibility index (Phi) is 5.70. The second-order valence-electron chi connectivity index (χ2n) is 3.44. The second kappa shape index (κ2) is 7.17. The van der Waals surface area contributed by atoms with E-state index in [1.54, 1.807) is 12.4 Å². The number of hydrogen-bond acceptors (Lipinski definition) is 4. The lowest BCUT2D eigenvalue weighted by Gasteiger charge is -2.06. The lowest BCUT2D eigenvalue weighted by atomic mass is 10.4. The summed E-state index contributed by atoms with van der Waals surface area (Å²) in [5, 5.41) is 3.16. The normalized spacial score (nSPS) is 10.3. The minimum Gasteiger partial charge on any atom is -0.380 e. The third-order valence-corrected chi connectivity index (χ3v) is 1.95. The minimum absolute atomic E-state index is 0.718. The maximum absolute atomic E-state index is 5.42. The summed E-state index contributed by atoms with van der Waals surface area (Å²) in [4.78, 5) is 8.32. The number of unbranched alkanes of at least 4 members (excludes halogenated alkanes) is 1. The second-order valence-corrected chi connectivity index (χ2v) is 3.44. The zero-order valence-corrected chi connectivity index (χ0v) is 9.49. The molecule has 0 aromatic carbocycles. The molecule has 1 aromatic heterocycles. The molecule has 0 unspecified atom stereocenters. The summed E-state index contributed by atoms with van der Waals surface area (Å²) in [6.45, 7) is 6.43. The quantitative estimate of drug-likeness (QED) is 0.698. The Balaban J connectivity index is 2.10. The SMILES string of the molecule is CCCCOCCNc1cncc(C)n1. The van der Waals surface area contributed by atoms with Crippen LogP contribution < -0.4 is 5.32 Å². The van der Waals surface area contributed by atoms with Gasteiger partial charge in [-0.3, -0.25) is 4.98 Å². The van der Waals surface area contributed by atoms with Crippen molar-refractivity contribution in [2.75, 3.05) is 25.1 Å². The molecule has 0 saturated heterocycles. The lowest BCUT2D eigenvalue weighted by molar-refractivity contribution is 0.141. The predicted molar refractivity (Wildman–Crippen MR) is 61.0 cm³/mol. The first-order valence-electron chi connectivity index (χ1n) is 5.43. The molecule has 15 heavy (non-hydrogen) atoms. The maximum atomic E-state index is 5.42. The van der Waals surface area contributed by atoms with Crippen molar-refractivity contribution in [3.63, 3.8) is 0 Å². The summed E-state index contributed by atoms with van der Waals surface area (Å²) >= 11 is 0. The largest absolute Gasteiger partial charge is 0.380 e. The predicted octanol–water partition coefficient (Wildman–Crippen LogP) is 2.01. The Labute approximate surface area is 91.1 Å². The monoisotopic (exact) mass is 209 g/mol. The van der Waals surface area contributed by atoms with Crippen molar-refractivity contribution < 1.29 is 4.74 Å². The van der Waals surface area contributed by atoms with Crippen molar-refractivity contribution in [3.05, 3.63) is 18.1 Å². The fourth-order valence-electron chi connectivity index (χ4n) is 1.15. The van der Waals surface area contributed by atoms with Gasteiger partial charge in [-0.15, -0.1) is 0 Å². The van der Waals surface area contributed by atoms with E-state index >= 15 is 0 Å². The van der Waals surface area contributed by atoms with E-state index in [-0.39, 0.29) is 0 Å². The topological polar surface area (TPSA) is 47.0 Å². The third-order valence-electron chi connectivity index (χ3n) is 1.95. The summed E-state index contributed by atoms with van der Waals surface area (Å²) in [5.74, 6) is 0.814. The number of ether oxygens (including phenoxy) is 1. The molecule has 0 bridgehead atoms. The van der Waals surface area contributed by atoms with E-state index in [2.05, 4.69) is 22.2 Å². The Morgan fingerprint density at radius 2 is 2.20 bits per heavy atom. The molecular weight excluding hydrogens is 190 g/mol. The van der Waals surface area contributed by atoms with Crippen LogP contribution in [0.25, 0.3) is 0 Å². The summed E-state index contributed by atoms with van der Waals surface area (Å²) in [6, 6.07) is 0. The van der Waals surface area contributed by atoms with Gasteiger partial charge in [0, 0.05) is 19.3 Å². The van der Waals surface area contributed by atoms with E-state index in [1.165, 1.54) is 6.42 Å². The van der Waals surface area contributed by atoms with Crippen LogP contribution in [0.15, 0.2) is 12.4 Å². The number of nitrogens with one attached hydrogen (secondary N) is 1. The van der Waals surface area contributed by atoms with Crippen molar-refractivity contribution in [2.45, 2.75) is 26.7 Å². The zero-order valence-electron chi connectivity index (χ0n) is 9.49. The average Bonchev–Trinajstić information content (AvgIpc) is 2.23. The van der Waals surface area contributed by atoms with Gasteiger partial charge in [-0.05, 0) is 13.3 Å². The fourth-order valence-corrected chi connectivity index (χ4v) is 1.15. The summed E-state index contributed by atoms with van der Waals surface area (Å²) in [6.07, 6.45) is 5.77. The van der Waals surface area contributed by atoms with Crippen LogP contribution >= 0.6 is 0 Å². The molecule has 0 aliphatic heterocycles. The van der Waals surface area contributed by atoms with Crippen molar-refractivity contribution >= 4 is 5.82 Å². The van der Waals surface area contributed by atoms with Crippen molar-refractivity contribution in [3.8, 4) is 0 Å². The van der Waals surface area contributed by atoms with E-state index in [0.717, 1.165) is 37.7 Å². The first-order valence-corrected chi connectivity index (χ1v) is 5.43. The molecule has 1 aromatic rings. The van der Waals surface area contributed by atoms with E-state index in [1.807, 2.05) is 6.92 Å². The smallest absolute Gasteiger partial charge is 0.144 e. The van der Waals surface area contributed by atoms with Crippen LogP contribution in [0.3, 0.4) is 0 Å². The lowest BCUT2D eigenvalue weighted by Crippen LogP contribution is -2.11. The Morgan fingerprint density at radius 1 is 1.33 bits per heavy atom. The van der Waals surface area contributed by atoms with Crippen molar-refractivity contribution in [1.82, 2.24) is 9.97 Å². The molecule has 0 fully saturated rings. The standard InChI is InChI=1S/C11H19N3O/c1-3-4-6-15-7-5-13-11-9-12-8-10(2)14-11/h8-9H,3-7H2,1-2H3,(H,13,14).